The molecule has 18 heavy (non-hydrogen) atoms. The van der Waals surface area contributed by atoms with E-state index in [1.807, 2.05) is 13.8 Å². The zero-order valence-electron chi connectivity index (χ0n) is 10.9. The van der Waals surface area contributed by atoms with E-state index in [4.69, 9.17) is 0 Å². The Labute approximate surface area is 106 Å². The van der Waals surface area contributed by atoms with Gasteiger partial charge in [0.1, 0.15) is 12.0 Å². The minimum Gasteiger partial charge on any atom is -0.393 e. The van der Waals surface area contributed by atoms with Crippen molar-refractivity contribution in [2.45, 2.75) is 33.3 Å². The molecule has 1 aromatic heterocycles. The lowest BCUT2D eigenvalue weighted by molar-refractivity contribution is -0.385. The number of nitrogens with zero attached hydrogens (tertiary/aromatic N) is 2. The number of nitrogens with one attached hydrogen (secondary N) is 1. The molecule has 0 aliphatic heterocycles. The van der Waals surface area contributed by atoms with E-state index in [0.29, 0.717) is 24.3 Å². The fourth-order valence-electron chi connectivity index (χ4n) is 1.52. The highest BCUT2D eigenvalue weighted by atomic mass is 16.6. The summed E-state index contributed by atoms with van der Waals surface area (Å²) in [6.07, 6.45) is 1.52. The van der Waals surface area contributed by atoms with E-state index in [0.717, 1.165) is 0 Å². The summed E-state index contributed by atoms with van der Waals surface area (Å²) >= 11 is 0. The van der Waals surface area contributed by atoms with Gasteiger partial charge in [-0.2, -0.15) is 0 Å². The first kappa shape index (κ1) is 14.4. The van der Waals surface area contributed by atoms with Crippen LogP contribution in [0, 0.1) is 23.0 Å². The number of rotatable bonds is 6. The molecule has 0 spiro atoms. The van der Waals surface area contributed by atoms with Crippen molar-refractivity contribution in [1.29, 1.82) is 0 Å². The molecule has 0 saturated heterocycles. The third-order valence-electron chi connectivity index (χ3n) is 2.80. The minimum absolute atomic E-state index is 0.0164. The molecule has 0 fully saturated rings. The zero-order chi connectivity index (χ0) is 13.7. The second kappa shape index (κ2) is 6.30. The van der Waals surface area contributed by atoms with Gasteiger partial charge >= 0.3 is 0 Å². The molecule has 1 aromatic rings. The van der Waals surface area contributed by atoms with E-state index in [1.54, 1.807) is 13.0 Å². The molecular formula is C12H19N3O3. The van der Waals surface area contributed by atoms with Gasteiger partial charge < -0.3 is 10.4 Å². The lowest BCUT2D eigenvalue weighted by Crippen LogP contribution is -2.19. The number of pyridine rings is 1. The summed E-state index contributed by atoms with van der Waals surface area (Å²) in [7, 11) is 0. The van der Waals surface area contributed by atoms with E-state index >= 15 is 0 Å². The number of aliphatic hydroxyl groups excluding tert-OH is 1. The average Bonchev–Trinajstić information content (AvgIpc) is 2.28. The Hall–Kier alpha value is -1.69. The molecule has 0 bridgehead atoms. The monoisotopic (exact) mass is 253 g/mol. The van der Waals surface area contributed by atoms with Gasteiger partial charge in [0.15, 0.2) is 0 Å². The van der Waals surface area contributed by atoms with Crippen LogP contribution < -0.4 is 5.32 Å². The van der Waals surface area contributed by atoms with Crippen molar-refractivity contribution in [3.8, 4) is 0 Å². The lowest BCUT2D eigenvalue weighted by Gasteiger charge is -2.14. The number of aromatic nitrogens is 1. The molecule has 100 valence electrons. The topological polar surface area (TPSA) is 88.3 Å². The van der Waals surface area contributed by atoms with Gasteiger partial charge in [0.25, 0.3) is 5.69 Å². The molecule has 0 aromatic carbocycles. The van der Waals surface area contributed by atoms with Crippen LogP contribution in [0.25, 0.3) is 0 Å². The van der Waals surface area contributed by atoms with E-state index in [9.17, 15) is 15.2 Å². The maximum Gasteiger partial charge on any atom is 0.290 e. The molecule has 6 nitrogen and oxygen atoms in total. The predicted octanol–water partition coefficient (Wildman–Crippen LogP) is 2.12. The fraction of sp³-hybridized carbons (Fsp3) is 0.583. The molecule has 2 N–H and O–H groups in total. The third kappa shape index (κ3) is 3.96. The second-order valence-corrected chi connectivity index (χ2v) is 4.64. The van der Waals surface area contributed by atoms with Crippen LogP contribution in [0.2, 0.25) is 0 Å². The number of hydrogen-bond acceptors (Lipinski definition) is 5. The Morgan fingerprint density at radius 3 is 2.72 bits per heavy atom. The first-order valence-corrected chi connectivity index (χ1v) is 5.94. The highest BCUT2D eigenvalue weighted by Gasteiger charge is 2.12. The van der Waals surface area contributed by atoms with Crippen molar-refractivity contribution < 1.29 is 10.0 Å². The maximum absolute atomic E-state index is 10.6. The average molecular weight is 253 g/mol. The van der Waals surface area contributed by atoms with Crippen molar-refractivity contribution in [2.75, 3.05) is 11.9 Å². The summed E-state index contributed by atoms with van der Waals surface area (Å²) < 4.78 is 0. The molecule has 0 saturated carbocycles. The van der Waals surface area contributed by atoms with Crippen LogP contribution in [-0.4, -0.2) is 27.7 Å². The molecule has 1 unspecified atom stereocenters. The van der Waals surface area contributed by atoms with Crippen molar-refractivity contribution in [3.05, 3.63) is 27.9 Å². The molecule has 1 heterocycles. The third-order valence-corrected chi connectivity index (χ3v) is 2.80. The van der Waals surface area contributed by atoms with E-state index < -0.39 is 4.92 Å². The Kier molecular flexibility index (Phi) is 5.03. The highest BCUT2D eigenvalue weighted by molar-refractivity contribution is 5.46. The van der Waals surface area contributed by atoms with Crippen molar-refractivity contribution in [1.82, 2.24) is 4.98 Å². The fourth-order valence-corrected chi connectivity index (χ4v) is 1.52. The zero-order valence-corrected chi connectivity index (χ0v) is 10.9. The number of hydrogen-bond donors (Lipinski definition) is 2. The molecule has 0 radical (unpaired) electrons. The summed E-state index contributed by atoms with van der Waals surface area (Å²) in [5.41, 5.74) is 0.588. The van der Waals surface area contributed by atoms with Gasteiger partial charge in [-0.25, -0.2) is 4.98 Å². The van der Waals surface area contributed by atoms with Crippen LogP contribution in [0.5, 0.6) is 0 Å². The lowest BCUT2D eigenvalue weighted by atomic mass is 10.0. The largest absolute Gasteiger partial charge is 0.393 e. The van der Waals surface area contributed by atoms with Crippen LogP contribution in [0.4, 0.5) is 11.5 Å². The van der Waals surface area contributed by atoms with Gasteiger partial charge in [-0.15, -0.1) is 0 Å². The molecule has 0 amide bonds. The predicted molar refractivity (Wildman–Crippen MR) is 69.6 cm³/mol. The number of anilines is 1. The highest BCUT2D eigenvalue weighted by Crippen LogP contribution is 2.18. The Morgan fingerprint density at radius 2 is 2.22 bits per heavy atom. The molecule has 0 aliphatic rings. The standard InChI is InChI=1S/C12H19N3O3/c1-8(2)11(16)4-5-13-12-6-9(3)10(7-14-12)15(17)18/h6-8,11,16H,4-5H2,1-3H3,(H,13,14). The molecular weight excluding hydrogens is 234 g/mol. The van der Waals surface area contributed by atoms with Crippen LogP contribution in [0.15, 0.2) is 12.3 Å². The SMILES string of the molecule is Cc1cc(NCCC(O)C(C)C)ncc1[N+](=O)[O-]. The van der Waals surface area contributed by atoms with Gasteiger partial charge in [0.05, 0.1) is 11.0 Å². The van der Waals surface area contributed by atoms with Crippen LogP contribution in [0.3, 0.4) is 0 Å². The minimum atomic E-state index is -0.450. The first-order chi connectivity index (χ1) is 8.41. The van der Waals surface area contributed by atoms with Gasteiger partial charge in [-0.3, -0.25) is 10.1 Å². The molecule has 1 atom stereocenters. The van der Waals surface area contributed by atoms with Crippen LogP contribution in [-0.2, 0) is 0 Å². The number of aliphatic hydroxyl groups is 1. The van der Waals surface area contributed by atoms with Gasteiger partial charge in [-0.05, 0) is 25.3 Å². The Bertz CT molecular complexity index is 421. The summed E-state index contributed by atoms with van der Waals surface area (Å²) in [5.74, 6) is 0.812. The summed E-state index contributed by atoms with van der Waals surface area (Å²) in [6, 6.07) is 1.64. The second-order valence-electron chi connectivity index (χ2n) is 4.64. The van der Waals surface area contributed by atoms with E-state index in [2.05, 4.69) is 10.3 Å². The molecule has 6 heteroatoms. The Balaban J connectivity index is 2.54. The number of nitro groups is 1. The first-order valence-electron chi connectivity index (χ1n) is 5.94. The van der Waals surface area contributed by atoms with E-state index in [-0.39, 0.29) is 17.7 Å². The maximum atomic E-state index is 10.6. The van der Waals surface area contributed by atoms with Crippen molar-refractivity contribution in [2.24, 2.45) is 5.92 Å². The van der Waals surface area contributed by atoms with Gasteiger partial charge in [0.2, 0.25) is 0 Å². The van der Waals surface area contributed by atoms with Crippen molar-refractivity contribution in [3.63, 3.8) is 0 Å². The summed E-state index contributed by atoms with van der Waals surface area (Å²) in [6.45, 7) is 6.18. The smallest absolute Gasteiger partial charge is 0.290 e. The quantitative estimate of drug-likeness (QED) is 0.598. The molecule has 1 rings (SSSR count). The number of aryl methyl sites for hydroxylation is 1. The van der Waals surface area contributed by atoms with E-state index in [1.165, 1.54) is 6.20 Å². The Morgan fingerprint density at radius 1 is 1.56 bits per heavy atom. The normalized spacial score (nSPS) is 12.5. The molecule has 0 aliphatic carbocycles. The van der Waals surface area contributed by atoms with Gasteiger partial charge in [-0.1, -0.05) is 13.8 Å². The summed E-state index contributed by atoms with van der Waals surface area (Å²) in [4.78, 5) is 14.1. The summed E-state index contributed by atoms with van der Waals surface area (Å²) in [5, 5.41) is 23.3. The van der Waals surface area contributed by atoms with Crippen LogP contribution >= 0.6 is 0 Å². The van der Waals surface area contributed by atoms with Gasteiger partial charge in [0, 0.05) is 12.1 Å². The van der Waals surface area contributed by atoms with Crippen molar-refractivity contribution >= 4 is 11.5 Å². The van der Waals surface area contributed by atoms with Crippen LogP contribution in [0.1, 0.15) is 25.8 Å².